The molecule has 5 nitrogen and oxygen atoms in total. The first kappa shape index (κ1) is 19.2. The van der Waals surface area contributed by atoms with Crippen molar-refractivity contribution >= 4 is 0 Å². The Morgan fingerprint density at radius 1 is 1.27 bits per heavy atom. The molecule has 1 aromatic carbocycles. The van der Waals surface area contributed by atoms with Crippen LogP contribution in [0.1, 0.15) is 18.4 Å². The van der Waals surface area contributed by atoms with Crippen molar-refractivity contribution in [1.29, 1.82) is 0 Å². The zero-order valence-corrected chi connectivity index (χ0v) is 13.8. The molecule has 1 aliphatic carbocycles. The lowest BCUT2D eigenvalue weighted by Gasteiger charge is -2.17. The van der Waals surface area contributed by atoms with Crippen LogP contribution in [0.4, 0.5) is 13.2 Å². The summed E-state index contributed by atoms with van der Waals surface area (Å²) in [6.07, 6.45) is -3.18. The number of rotatable bonds is 5. The van der Waals surface area contributed by atoms with Crippen molar-refractivity contribution in [2.24, 2.45) is 11.8 Å². The van der Waals surface area contributed by atoms with Crippen LogP contribution in [0.3, 0.4) is 0 Å². The van der Waals surface area contributed by atoms with Crippen LogP contribution >= 0.6 is 0 Å². The number of aliphatic hydroxyl groups excluding tert-OH is 3. The van der Waals surface area contributed by atoms with Gasteiger partial charge in [-0.1, -0.05) is 18.2 Å². The molecular weight excluding hydrogens is 353 g/mol. The summed E-state index contributed by atoms with van der Waals surface area (Å²) in [7, 11) is 0. The van der Waals surface area contributed by atoms with E-state index >= 15 is 0 Å². The average molecular weight is 374 g/mol. The predicted molar refractivity (Wildman–Crippen MR) is 85.2 cm³/mol. The number of halogens is 3. The van der Waals surface area contributed by atoms with Crippen molar-refractivity contribution in [2.75, 3.05) is 6.61 Å². The second-order valence-electron chi connectivity index (χ2n) is 6.70. The van der Waals surface area contributed by atoms with E-state index in [-0.39, 0.29) is 30.3 Å². The van der Waals surface area contributed by atoms with Crippen molar-refractivity contribution in [2.45, 2.75) is 43.6 Å². The molecule has 1 saturated carbocycles. The van der Waals surface area contributed by atoms with Crippen molar-refractivity contribution in [3.63, 3.8) is 0 Å². The number of hydrogen-bond donors (Lipinski definition) is 3. The van der Waals surface area contributed by atoms with Crippen LogP contribution in [0.2, 0.25) is 0 Å². The molecule has 3 N–H and O–H groups in total. The molecular formula is C18H21F3O5. The Balaban J connectivity index is 1.54. The van der Waals surface area contributed by atoms with Gasteiger partial charge >= 0.3 is 6.18 Å². The monoisotopic (exact) mass is 374 g/mol. The van der Waals surface area contributed by atoms with Gasteiger partial charge in [0.05, 0.1) is 17.8 Å². The first-order valence-electron chi connectivity index (χ1n) is 8.42. The number of fused-ring (bicyclic) bond motifs is 1. The Morgan fingerprint density at radius 2 is 2.04 bits per heavy atom. The van der Waals surface area contributed by atoms with Gasteiger partial charge in [0.1, 0.15) is 18.5 Å². The Kier molecular flexibility index (Phi) is 5.57. The molecule has 0 bridgehead atoms. The van der Waals surface area contributed by atoms with Gasteiger partial charge in [-0.2, -0.15) is 13.2 Å². The molecule has 2 aliphatic rings. The molecule has 0 aromatic heterocycles. The summed E-state index contributed by atoms with van der Waals surface area (Å²) in [6.45, 7) is -0.214. The standard InChI is InChI=1S/C18H21F3O5/c19-18(20,21)10-2-1-3-12(6-10)25-9-11(22)4-5-13-14-7-17(24)26-16(14)8-15(13)23/h1-6,11,13-17,22-24H,7-9H2/b5-4+/t11-,13-,14-,15-,16?,17+/m1/s1. The second-order valence-corrected chi connectivity index (χ2v) is 6.70. The molecule has 1 aromatic rings. The van der Waals surface area contributed by atoms with Crippen molar-refractivity contribution < 1.29 is 38.0 Å². The third-order valence-electron chi connectivity index (χ3n) is 4.83. The Morgan fingerprint density at radius 3 is 2.77 bits per heavy atom. The summed E-state index contributed by atoms with van der Waals surface area (Å²) < 4.78 is 48.5. The second kappa shape index (κ2) is 7.56. The largest absolute Gasteiger partial charge is 0.491 e. The zero-order valence-electron chi connectivity index (χ0n) is 13.8. The van der Waals surface area contributed by atoms with Crippen LogP contribution in [0.5, 0.6) is 5.75 Å². The van der Waals surface area contributed by atoms with E-state index in [1.165, 1.54) is 18.2 Å². The fraction of sp³-hybridized carbons (Fsp3) is 0.556. The van der Waals surface area contributed by atoms with E-state index in [1.54, 1.807) is 6.08 Å². The SMILES string of the molecule is O[C@H](/C=C/[C@H]1[C@H](O)CC2O[C@H](O)C[C@@H]21)COc1cccc(C(F)(F)F)c1. The van der Waals surface area contributed by atoms with Gasteiger partial charge in [0.25, 0.3) is 0 Å². The van der Waals surface area contributed by atoms with Crippen LogP contribution in [0, 0.1) is 11.8 Å². The summed E-state index contributed by atoms with van der Waals surface area (Å²) in [4.78, 5) is 0. The van der Waals surface area contributed by atoms with Crippen LogP contribution in [-0.4, -0.2) is 46.5 Å². The highest BCUT2D eigenvalue weighted by Crippen LogP contribution is 2.43. The fourth-order valence-electron chi connectivity index (χ4n) is 3.59. The number of benzene rings is 1. The van der Waals surface area contributed by atoms with Gasteiger partial charge in [-0.05, 0) is 24.1 Å². The van der Waals surface area contributed by atoms with Gasteiger partial charge in [-0.3, -0.25) is 0 Å². The zero-order chi connectivity index (χ0) is 18.9. The topological polar surface area (TPSA) is 79.2 Å². The lowest BCUT2D eigenvalue weighted by atomic mass is 9.91. The van der Waals surface area contributed by atoms with E-state index in [0.29, 0.717) is 12.8 Å². The van der Waals surface area contributed by atoms with E-state index in [1.807, 2.05) is 0 Å². The van der Waals surface area contributed by atoms with Crippen molar-refractivity contribution in [1.82, 2.24) is 0 Å². The van der Waals surface area contributed by atoms with Gasteiger partial charge in [0.2, 0.25) is 0 Å². The van der Waals surface area contributed by atoms with Gasteiger partial charge < -0.3 is 24.8 Å². The highest BCUT2D eigenvalue weighted by Gasteiger charge is 2.47. The number of aliphatic hydroxyl groups is 3. The molecule has 1 unspecified atom stereocenters. The molecule has 3 rings (SSSR count). The molecule has 6 atom stereocenters. The molecule has 1 heterocycles. The number of hydrogen-bond acceptors (Lipinski definition) is 5. The minimum atomic E-state index is -4.46. The minimum absolute atomic E-state index is 0.0144. The summed E-state index contributed by atoms with van der Waals surface area (Å²) >= 11 is 0. The third kappa shape index (κ3) is 4.37. The number of ether oxygens (including phenoxy) is 2. The van der Waals surface area contributed by atoms with Gasteiger partial charge in [0.15, 0.2) is 6.29 Å². The predicted octanol–water partition coefficient (Wildman–Crippen LogP) is 2.11. The lowest BCUT2D eigenvalue weighted by Crippen LogP contribution is -2.20. The molecule has 0 amide bonds. The van der Waals surface area contributed by atoms with Crippen LogP contribution in [0.15, 0.2) is 36.4 Å². The van der Waals surface area contributed by atoms with E-state index in [9.17, 15) is 28.5 Å². The molecule has 26 heavy (non-hydrogen) atoms. The highest BCUT2D eigenvalue weighted by molar-refractivity contribution is 5.30. The summed E-state index contributed by atoms with van der Waals surface area (Å²) in [5.74, 6) is -0.256. The molecule has 2 fully saturated rings. The third-order valence-corrected chi connectivity index (χ3v) is 4.83. The van der Waals surface area contributed by atoms with Gasteiger partial charge in [0, 0.05) is 18.8 Å². The summed E-state index contributed by atoms with van der Waals surface area (Å²) in [6, 6.07) is 4.44. The minimum Gasteiger partial charge on any atom is -0.491 e. The smallest absolute Gasteiger partial charge is 0.416 e. The fourth-order valence-corrected chi connectivity index (χ4v) is 3.59. The Hall–Kier alpha value is -1.61. The lowest BCUT2D eigenvalue weighted by molar-refractivity contribution is -0.137. The Bertz CT molecular complexity index is 648. The van der Waals surface area contributed by atoms with Crippen molar-refractivity contribution in [3.8, 4) is 5.75 Å². The molecule has 144 valence electrons. The van der Waals surface area contributed by atoms with Crippen LogP contribution in [0.25, 0.3) is 0 Å². The molecule has 8 heteroatoms. The quantitative estimate of drug-likeness (QED) is 0.688. The van der Waals surface area contributed by atoms with E-state index in [4.69, 9.17) is 9.47 Å². The maximum Gasteiger partial charge on any atom is 0.416 e. The summed E-state index contributed by atoms with van der Waals surface area (Å²) in [5.41, 5.74) is -0.819. The molecule has 0 spiro atoms. The molecule has 1 saturated heterocycles. The van der Waals surface area contributed by atoms with E-state index in [2.05, 4.69) is 0 Å². The van der Waals surface area contributed by atoms with Crippen molar-refractivity contribution in [3.05, 3.63) is 42.0 Å². The van der Waals surface area contributed by atoms with Gasteiger partial charge in [-0.15, -0.1) is 0 Å². The highest BCUT2D eigenvalue weighted by atomic mass is 19.4. The summed E-state index contributed by atoms with van der Waals surface area (Å²) in [5, 5.41) is 29.6. The van der Waals surface area contributed by atoms with E-state index < -0.39 is 30.2 Å². The number of alkyl halides is 3. The molecule has 0 radical (unpaired) electrons. The first-order valence-corrected chi connectivity index (χ1v) is 8.42. The van der Waals surface area contributed by atoms with Crippen LogP contribution in [-0.2, 0) is 10.9 Å². The van der Waals surface area contributed by atoms with Crippen LogP contribution < -0.4 is 4.74 Å². The maximum atomic E-state index is 12.7. The molecule has 1 aliphatic heterocycles. The maximum absolute atomic E-state index is 12.7. The van der Waals surface area contributed by atoms with Gasteiger partial charge in [-0.25, -0.2) is 0 Å². The van der Waals surface area contributed by atoms with E-state index in [0.717, 1.165) is 12.1 Å². The Labute approximate surface area is 148 Å². The first-order chi connectivity index (χ1) is 12.2. The normalized spacial score (nSPS) is 32.8. The average Bonchev–Trinajstić information content (AvgIpc) is 3.05.